The van der Waals surface area contributed by atoms with Gasteiger partial charge in [0.05, 0.1) is 0 Å². The second kappa shape index (κ2) is 9.48. The third-order valence-electron chi connectivity index (χ3n) is 5.41. The molecule has 1 saturated heterocycles. The Bertz CT molecular complexity index is 856. The van der Waals surface area contributed by atoms with E-state index in [0.29, 0.717) is 17.6 Å². The average Bonchev–Trinajstić information content (AvgIpc) is 3.39. The van der Waals surface area contributed by atoms with Crippen LogP contribution >= 0.6 is 11.8 Å². The van der Waals surface area contributed by atoms with Crippen molar-refractivity contribution >= 4 is 11.8 Å². The number of pyridine rings is 1. The third-order valence-corrected chi connectivity index (χ3v) is 6.77. The van der Waals surface area contributed by atoms with E-state index in [1.807, 2.05) is 54.4 Å². The molecule has 0 amide bonds. The lowest BCUT2D eigenvalue weighted by Crippen LogP contribution is -2.21. The van der Waals surface area contributed by atoms with Crippen molar-refractivity contribution in [2.45, 2.75) is 44.1 Å². The molecule has 5 heteroatoms. The van der Waals surface area contributed by atoms with Crippen molar-refractivity contribution < 1.29 is 4.74 Å². The number of hydrogen-bond donors (Lipinski definition) is 0. The van der Waals surface area contributed by atoms with E-state index in [1.54, 1.807) is 10.6 Å². The number of ether oxygens (including phenoxy) is 1. The zero-order chi connectivity index (χ0) is 19.2. The van der Waals surface area contributed by atoms with Crippen LogP contribution in [-0.2, 0) is 13.2 Å². The molecular formula is C23H28N2O2S. The van der Waals surface area contributed by atoms with Crippen LogP contribution in [-0.4, -0.2) is 34.4 Å². The Hall–Kier alpha value is -1.98. The monoisotopic (exact) mass is 396 g/mol. The molecule has 0 saturated carbocycles. The van der Waals surface area contributed by atoms with Crippen LogP contribution in [0.3, 0.4) is 0 Å². The first-order valence-electron chi connectivity index (χ1n) is 10.2. The van der Waals surface area contributed by atoms with Crippen LogP contribution in [0.5, 0.6) is 5.75 Å². The first kappa shape index (κ1) is 19.3. The van der Waals surface area contributed by atoms with Gasteiger partial charge in [-0.05, 0) is 55.3 Å². The molecule has 0 radical (unpaired) electrons. The first-order valence-corrected chi connectivity index (χ1v) is 11.1. The van der Waals surface area contributed by atoms with Crippen LogP contribution in [0.25, 0.3) is 0 Å². The first-order chi connectivity index (χ1) is 13.8. The number of benzene rings is 1. The summed E-state index contributed by atoms with van der Waals surface area (Å²) < 4.78 is 7.55. The molecule has 148 valence electrons. The Morgan fingerprint density at radius 3 is 2.71 bits per heavy atom. The van der Waals surface area contributed by atoms with E-state index < -0.39 is 0 Å². The van der Waals surface area contributed by atoms with Gasteiger partial charge in [0.15, 0.2) is 0 Å². The van der Waals surface area contributed by atoms with Gasteiger partial charge in [-0.25, -0.2) is 0 Å². The van der Waals surface area contributed by atoms with E-state index in [1.165, 1.54) is 30.8 Å². The summed E-state index contributed by atoms with van der Waals surface area (Å²) in [6.07, 6.45) is 9.10. The Balaban J connectivity index is 1.23. The molecular weight excluding hydrogens is 368 g/mol. The van der Waals surface area contributed by atoms with E-state index in [-0.39, 0.29) is 5.56 Å². The number of aromatic nitrogens is 1. The highest BCUT2D eigenvalue weighted by Crippen LogP contribution is 2.35. The quantitative estimate of drug-likeness (QED) is 0.666. The lowest BCUT2D eigenvalue weighted by Gasteiger charge is -2.16. The van der Waals surface area contributed by atoms with E-state index in [2.05, 4.69) is 11.0 Å². The molecule has 1 unspecified atom stereocenters. The van der Waals surface area contributed by atoms with Crippen LogP contribution in [0.1, 0.15) is 31.2 Å². The zero-order valence-electron chi connectivity index (χ0n) is 16.3. The third kappa shape index (κ3) is 5.30. The summed E-state index contributed by atoms with van der Waals surface area (Å²) in [6.45, 7) is 4.86. The maximum absolute atomic E-state index is 12.4. The van der Waals surface area contributed by atoms with Crippen LogP contribution in [0.2, 0.25) is 0 Å². The molecule has 4 nitrogen and oxygen atoms in total. The highest BCUT2D eigenvalue weighted by Gasteiger charge is 2.21. The smallest absolute Gasteiger partial charge is 0.254 e. The number of hydrogen-bond acceptors (Lipinski definition) is 4. The number of thioether (sulfide) groups is 1. The van der Waals surface area contributed by atoms with E-state index in [4.69, 9.17) is 4.74 Å². The molecule has 2 aromatic rings. The maximum Gasteiger partial charge on any atom is 0.254 e. The second-order valence-corrected chi connectivity index (χ2v) is 9.01. The number of likely N-dealkylation sites (tertiary alicyclic amines) is 1. The number of rotatable bonds is 8. The number of nitrogens with zero attached hydrogens (tertiary/aromatic N) is 2. The Morgan fingerprint density at radius 1 is 1.11 bits per heavy atom. The van der Waals surface area contributed by atoms with Crippen LogP contribution < -0.4 is 10.3 Å². The molecule has 0 spiro atoms. The van der Waals surface area contributed by atoms with Crippen LogP contribution in [0.15, 0.2) is 64.4 Å². The summed E-state index contributed by atoms with van der Waals surface area (Å²) in [6, 6.07) is 13.5. The van der Waals surface area contributed by atoms with Gasteiger partial charge < -0.3 is 9.30 Å². The molecule has 3 heterocycles. The molecule has 0 bridgehead atoms. The van der Waals surface area contributed by atoms with Crippen LogP contribution in [0.4, 0.5) is 0 Å². The van der Waals surface area contributed by atoms with Crippen LogP contribution in [0, 0.1) is 0 Å². The minimum Gasteiger partial charge on any atom is -0.489 e. The summed E-state index contributed by atoms with van der Waals surface area (Å²) >= 11 is 2.01. The van der Waals surface area contributed by atoms with E-state index in [0.717, 1.165) is 31.5 Å². The predicted octanol–water partition coefficient (Wildman–Crippen LogP) is 4.30. The van der Waals surface area contributed by atoms with Crippen molar-refractivity contribution in [2.75, 3.05) is 19.6 Å². The normalized spacial score (nSPS) is 19.7. The van der Waals surface area contributed by atoms with Gasteiger partial charge in [0.25, 0.3) is 5.56 Å². The Labute approximate surface area is 171 Å². The van der Waals surface area contributed by atoms with Gasteiger partial charge in [-0.2, -0.15) is 0 Å². The Kier molecular flexibility index (Phi) is 6.55. The van der Waals surface area contributed by atoms with Gasteiger partial charge in [0, 0.05) is 30.6 Å². The van der Waals surface area contributed by atoms with Gasteiger partial charge in [0.2, 0.25) is 0 Å². The lowest BCUT2D eigenvalue weighted by molar-refractivity contribution is 0.304. The number of aryl methyl sites for hydroxylation is 1. The minimum absolute atomic E-state index is 0.0128. The minimum atomic E-state index is 0.0128. The molecule has 1 fully saturated rings. The fourth-order valence-electron chi connectivity index (χ4n) is 3.80. The molecule has 4 rings (SSSR count). The van der Waals surface area contributed by atoms with Crippen molar-refractivity contribution in [1.82, 2.24) is 9.47 Å². The fraction of sp³-hybridized carbons (Fsp3) is 0.435. The lowest BCUT2D eigenvalue weighted by atomic mass is 10.2. The molecule has 0 N–H and O–H groups in total. The Morgan fingerprint density at radius 2 is 1.93 bits per heavy atom. The van der Waals surface area contributed by atoms with Crippen molar-refractivity contribution in [3.8, 4) is 5.75 Å². The molecule has 0 aliphatic carbocycles. The maximum atomic E-state index is 12.4. The molecule has 1 aromatic heterocycles. The SMILES string of the molecule is O=c1cc(OCc2ccccc2)ccn1CCC1CC=C(CN2CCCC2)S1. The van der Waals surface area contributed by atoms with Gasteiger partial charge in [-0.3, -0.25) is 9.69 Å². The van der Waals surface area contributed by atoms with E-state index >= 15 is 0 Å². The fourth-order valence-corrected chi connectivity index (χ4v) is 5.09. The molecule has 1 aromatic carbocycles. The zero-order valence-corrected chi connectivity index (χ0v) is 17.1. The average molecular weight is 397 g/mol. The van der Waals surface area contributed by atoms with E-state index in [9.17, 15) is 4.79 Å². The van der Waals surface area contributed by atoms with Crippen molar-refractivity contribution in [3.05, 3.63) is 75.6 Å². The topological polar surface area (TPSA) is 34.5 Å². The van der Waals surface area contributed by atoms with Gasteiger partial charge in [0.1, 0.15) is 12.4 Å². The van der Waals surface area contributed by atoms with Crippen molar-refractivity contribution in [3.63, 3.8) is 0 Å². The summed E-state index contributed by atoms with van der Waals surface area (Å²) in [5.41, 5.74) is 1.11. The highest BCUT2D eigenvalue weighted by molar-refractivity contribution is 8.03. The summed E-state index contributed by atoms with van der Waals surface area (Å²) in [5, 5.41) is 0.596. The van der Waals surface area contributed by atoms with Gasteiger partial charge in [-0.15, -0.1) is 11.8 Å². The van der Waals surface area contributed by atoms with Gasteiger partial charge >= 0.3 is 0 Å². The molecule has 28 heavy (non-hydrogen) atoms. The molecule has 1 atom stereocenters. The second-order valence-electron chi connectivity index (χ2n) is 7.59. The number of allylic oxidation sites excluding steroid dienone is 1. The predicted molar refractivity (Wildman–Crippen MR) is 116 cm³/mol. The standard InChI is InChI=1S/C23H28N2O2S/c26-23-16-20(27-18-19-6-2-1-3-7-19)10-14-25(23)15-11-21-8-9-22(28-21)17-24-12-4-5-13-24/h1-3,6-7,9-10,14,16,21H,4-5,8,11-13,15,17-18H2. The summed E-state index contributed by atoms with van der Waals surface area (Å²) in [5.74, 6) is 0.634. The molecule has 2 aliphatic heterocycles. The largest absolute Gasteiger partial charge is 0.489 e. The summed E-state index contributed by atoms with van der Waals surface area (Å²) in [7, 11) is 0. The highest BCUT2D eigenvalue weighted by atomic mass is 32.2. The van der Waals surface area contributed by atoms with Crippen molar-refractivity contribution in [2.24, 2.45) is 0 Å². The summed E-state index contributed by atoms with van der Waals surface area (Å²) in [4.78, 5) is 16.5. The van der Waals surface area contributed by atoms with Crippen molar-refractivity contribution in [1.29, 1.82) is 0 Å². The van der Waals surface area contributed by atoms with Gasteiger partial charge in [-0.1, -0.05) is 36.4 Å². The molecule has 2 aliphatic rings.